The van der Waals surface area contributed by atoms with E-state index in [4.69, 9.17) is 20.8 Å². The quantitative estimate of drug-likeness (QED) is 0.334. The fourth-order valence-corrected chi connectivity index (χ4v) is 3.56. The highest BCUT2D eigenvalue weighted by atomic mass is 79.9. The van der Waals surface area contributed by atoms with Crippen molar-refractivity contribution in [2.24, 2.45) is 5.10 Å². The van der Waals surface area contributed by atoms with E-state index < -0.39 is 6.03 Å². The average molecular weight is 481 g/mol. The third-order valence-corrected chi connectivity index (χ3v) is 5.50. The Morgan fingerprint density at radius 2 is 1.93 bits per heavy atom. The maximum atomic E-state index is 11.9. The third kappa shape index (κ3) is 5.79. The zero-order chi connectivity index (χ0) is 19.9. The van der Waals surface area contributed by atoms with Crippen molar-refractivity contribution >= 4 is 57.2 Å². The SMILES string of the molecule is COc1ccc(NC(=O)N/N=C/c2cc(Br)c(Sc3ccc(Cl)cc3)o2)cc1. The second-order valence-electron chi connectivity index (χ2n) is 5.39. The minimum Gasteiger partial charge on any atom is -0.497 e. The summed E-state index contributed by atoms with van der Waals surface area (Å²) in [6.07, 6.45) is 1.42. The molecule has 0 saturated carbocycles. The number of rotatable bonds is 6. The molecule has 0 aliphatic heterocycles. The number of carbonyl (C=O) groups excluding carboxylic acids is 1. The molecule has 2 aromatic carbocycles. The van der Waals surface area contributed by atoms with E-state index in [1.165, 1.54) is 18.0 Å². The fraction of sp³-hybridized carbons (Fsp3) is 0.0526. The number of furan rings is 1. The first kappa shape index (κ1) is 20.3. The molecule has 0 aliphatic carbocycles. The fourth-order valence-electron chi connectivity index (χ4n) is 2.10. The normalized spacial score (nSPS) is 10.8. The number of benzene rings is 2. The number of ether oxygens (including phenoxy) is 1. The van der Waals surface area contributed by atoms with Crippen LogP contribution in [0.2, 0.25) is 5.02 Å². The molecular formula is C19H15BrClN3O3S. The first-order valence-electron chi connectivity index (χ1n) is 8.00. The minimum atomic E-state index is -0.470. The molecule has 0 fully saturated rings. The summed E-state index contributed by atoms with van der Waals surface area (Å²) in [5.41, 5.74) is 3.01. The summed E-state index contributed by atoms with van der Waals surface area (Å²) in [6, 6.07) is 15.7. The van der Waals surface area contributed by atoms with Gasteiger partial charge in [0.2, 0.25) is 0 Å². The lowest BCUT2D eigenvalue weighted by Crippen LogP contribution is -2.24. The molecule has 1 heterocycles. The van der Waals surface area contributed by atoms with Crippen LogP contribution in [0.3, 0.4) is 0 Å². The summed E-state index contributed by atoms with van der Waals surface area (Å²) in [5.74, 6) is 1.20. The van der Waals surface area contributed by atoms with Gasteiger partial charge in [-0.25, -0.2) is 10.2 Å². The molecule has 28 heavy (non-hydrogen) atoms. The van der Waals surface area contributed by atoms with E-state index in [0.717, 1.165) is 9.37 Å². The van der Waals surface area contributed by atoms with Gasteiger partial charge in [0.1, 0.15) is 11.5 Å². The lowest BCUT2D eigenvalue weighted by atomic mass is 10.3. The van der Waals surface area contributed by atoms with Crippen LogP contribution < -0.4 is 15.5 Å². The Morgan fingerprint density at radius 1 is 1.21 bits per heavy atom. The van der Waals surface area contributed by atoms with Crippen molar-refractivity contribution in [3.63, 3.8) is 0 Å². The topological polar surface area (TPSA) is 75.9 Å². The maximum Gasteiger partial charge on any atom is 0.339 e. The number of amides is 2. The van der Waals surface area contributed by atoms with Gasteiger partial charge in [0.05, 0.1) is 17.8 Å². The van der Waals surface area contributed by atoms with Gasteiger partial charge in [-0.15, -0.1) is 0 Å². The van der Waals surface area contributed by atoms with Crippen molar-refractivity contribution < 1.29 is 13.9 Å². The number of nitrogens with one attached hydrogen (secondary N) is 2. The number of hydrazone groups is 1. The van der Waals surface area contributed by atoms with Crippen LogP contribution in [0.1, 0.15) is 5.76 Å². The van der Waals surface area contributed by atoms with Crippen molar-refractivity contribution in [3.05, 3.63) is 69.9 Å². The molecule has 9 heteroatoms. The van der Waals surface area contributed by atoms with Crippen molar-refractivity contribution in [2.45, 2.75) is 9.99 Å². The van der Waals surface area contributed by atoms with Gasteiger partial charge in [-0.2, -0.15) is 5.10 Å². The summed E-state index contributed by atoms with van der Waals surface area (Å²) >= 11 is 10.8. The summed E-state index contributed by atoms with van der Waals surface area (Å²) < 4.78 is 11.6. The monoisotopic (exact) mass is 479 g/mol. The number of nitrogens with zero attached hydrogens (tertiary/aromatic N) is 1. The van der Waals surface area contributed by atoms with Gasteiger partial charge in [0.15, 0.2) is 5.09 Å². The molecule has 1 aromatic heterocycles. The summed E-state index contributed by atoms with van der Waals surface area (Å²) in [4.78, 5) is 12.9. The molecule has 3 rings (SSSR count). The van der Waals surface area contributed by atoms with Gasteiger partial charge in [0.25, 0.3) is 0 Å². The van der Waals surface area contributed by atoms with E-state index in [0.29, 0.717) is 27.3 Å². The Labute approximate surface area is 179 Å². The highest BCUT2D eigenvalue weighted by Gasteiger charge is 2.10. The lowest BCUT2D eigenvalue weighted by Gasteiger charge is -2.05. The van der Waals surface area contributed by atoms with Crippen LogP contribution in [0.25, 0.3) is 0 Å². The van der Waals surface area contributed by atoms with Gasteiger partial charge < -0.3 is 14.5 Å². The molecule has 0 saturated heterocycles. The standard InChI is InChI=1S/C19H15BrClN3O3S/c1-26-14-6-4-13(5-7-14)23-19(25)24-22-11-15-10-17(20)18(27-15)28-16-8-2-12(21)3-9-16/h2-11H,1H3,(H2,23,24,25)/b22-11+. The molecule has 6 nitrogen and oxygen atoms in total. The molecule has 0 aliphatic rings. The van der Waals surface area contributed by atoms with Gasteiger partial charge in [0, 0.05) is 21.7 Å². The molecule has 0 radical (unpaired) electrons. The van der Waals surface area contributed by atoms with E-state index in [-0.39, 0.29) is 0 Å². The van der Waals surface area contributed by atoms with Crippen molar-refractivity contribution in [1.29, 1.82) is 0 Å². The molecule has 2 amide bonds. The first-order chi connectivity index (χ1) is 13.5. The van der Waals surface area contributed by atoms with E-state index in [1.54, 1.807) is 37.4 Å². The lowest BCUT2D eigenvalue weighted by molar-refractivity contribution is 0.252. The molecule has 2 N–H and O–H groups in total. The summed E-state index contributed by atoms with van der Waals surface area (Å²) in [7, 11) is 1.58. The van der Waals surface area contributed by atoms with E-state index in [9.17, 15) is 4.79 Å². The van der Waals surface area contributed by atoms with Gasteiger partial charge in [-0.1, -0.05) is 23.4 Å². The number of methoxy groups -OCH3 is 1. The number of hydrogen-bond acceptors (Lipinski definition) is 5. The average Bonchev–Trinajstić information content (AvgIpc) is 3.03. The Bertz CT molecular complexity index is 975. The minimum absolute atomic E-state index is 0.470. The molecule has 144 valence electrons. The van der Waals surface area contributed by atoms with Crippen molar-refractivity contribution in [3.8, 4) is 5.75 Å². The Balaban J connectivity index is 1.55. The molecular weight excluding hydrogens is 466 g/mol. The van der Waals surface area contributed by atoms with Crippen LogP contribution >= 0.6 is 39.3 Å². The second-order valence-corrected chi connectivity index (χ2v) is 7.73. The molecule has 0 bridgehead atoms. The van der Waals surface area contributed by atoms with Gasteiger partial charge in [-0.05, 0) is 64.5 Å². The first-order valence-corrected chi connectivity index (χ1v) is 9.99. The molecule has 0 unspecified atom stereocenters. The summed E-state index contributed by atoms with van der Waals surface area (Å²) in [6.45, 7) is 0. The third-order valence-electron chi connectivity index (χ3n) is 3.40. The maximum absolute atomic E-state index is 11.9. The number of anilines is 1. The van der Waals surface area contributed by atoms with E-state index in [2.05, 4.69) is 31.8 Å². The van der Waals surface area contributed by atoms with Crippen LogP contribution in [0.5, 0.6) is 5.75 Å². The van der Waals surface area contributed by atoms with Crippen molar-refractivity contribution in [1.82, 2.24) is 5.43 Å². The molecule has 0 spiro atoms. The zero-order valence-corrected chi connectivity index (χ0v) is 17.8. The Morgan fingerprint density at radius 3 is 2.61 bits per heavy atom. The smallest absolute Gasteiger partial charge is 0.339 e. The number of urea groups is 1. The van der Waals surface area contributed by atoms with Gasteiger partial charge >= 0.3 is 6.03 Å². The molecule has 3 aromatic rings. The van der Waals surface area contributed by atoms with E-state index >= 15 is 0 Å². The van der Waals surface area contributed by atoms with Crippen LogP contribution in [-0.2, 0) is 0 Å². The summed E-state index contributed by atoms with van der Waals surface area (Å²) in [5, 5.41) is 7.90. The van der Waals surface area contributed by atoms with Crippen LogP contribution in [0.15, 0.2) is 78.6 Å². The van der Waals surface area contributed by atoms with Crippen LogP contribution in [0, 0.1) is 0 Å². The highest BCUT2D eigenvalue weighted by molar-refractivity contribution is 9.10. The predicted molar refractivity (Wildman–Crippen MR) is 115 cm³/mol. The predicted octanol–water partition coefficient (Wildman–Crippen LogP) is 6.01. The number of hydrogen-bond donors (Lipinski definition) is 2. The van der Waals surface area contributed by atoms with Crippen LogP contribution in [0.4, 0.5) is 10.5 Å². The van der Waals surface area contributed by atoms with Crippen molar-refractivity contribution in [2.75, 3.05) is 12.4 Å². The largest absolute Gasteiger partial charge is 0.497 e. The number of carbonyl (C=O) groups is 1. The number of halogens is 2. The van der Waals surface area contributed by atoms with E-state index in [1.807, 2.05) is 24.3 Å². The Kier molecular flexibility index (Phi) is 7.02. The van der Waals surface area contributed by atoms with Crippen LogP contribution in [-0.4, -0.2) is 19.4 Å². The van der Waals surface area contributed by atoms with Gasteiger partial charge in [-0.3, -0.25) is 0 Å². The zero-order valence-electron chi connectivity index (χ0n) is 14.6. The Hall–Kier alpha value is -2.42. The highest BCUT2D eigenvalue weighted by Crippen LogP contribution is 2.35. The second kappa shape index (κ2) is 9.68. The molecule has 0 atom stereocenters.